The van der Waals surface area contributed by atoms with E-state index in [-0.39, 0.29) is 17.5 Å². The highest BCUT2D eigenvalue weighted by molar-refractivity contribution is 5.87. The fraction of sp³-hybridized carbons (Fsp3) is 0.621. The van der Waals surface area contributed by atoms with Crippen molar-refractivity contribution >= 4 is 16.7 Å². The first-order chi connectivity index (χ1) is 15.7. The molecule has 3 heteroatoms. The molecule has 0 bridgehead atoms. The van der Waals surface area contributed by atoms with Gasteiger partial charge in [0.05, 0.1) is 0 Å². The van der Waals surface area contributed by atoms with Gasteiger partial charge in [-0.3, -0.25) is 0 Å². The molecule has 2 aromatic carbocycles. The van der Waals surface area contributed by atoms with E-state index in [9.17, 15) is 4.79 Å². The SMILES string of the molecule is CC(OC(=O)[C@H]1OCC[C@@H]1c1cccc2ccccc12)(C1CCCCC1)C1CCCCC1. The van der Waals surface area contributed by atoms with Gasteiger partial charge in [0.15, 0.2) is 6.10 Å². The molecule has 2 saturated carbocycles. The molecule has 1 saturated heterocycles. The number of ether oxygens (including phenoxy) is 2. The van der Waals surface area contributed by atoms with E-state index in [0.29, 0.717) is 18.4 Å². The first-order valence-electron chi connectivity index (χ1n) is 13.0. The van der Waals surface area contributed by atoms with Crippen LogP contribution in [0.5, 0.6) is 0 Å². The van der Waals surface area contributed by atoms with Crippen molar-refractivity contribution in [3.05, 3.63) is 48.0 Å². The predicted octanol–water partition coefficient (Wildman–Crippen LogP) is 7.17. The lowest BCUT2D eigenvalue weighted by Crippen LogP contribution is -2.49. The van der Waals surface area contributed by atoms with E-state index >= 15 is 0 Å². The average molecular weight is 435 g/mol. The molecule has 0 aromatic heterocycles. The second-order valence-electron chi connectivity index (χ2n) is 10.5. The minimum atomic E-state index is -0.493. The highest BCUT2D eigenvalue weighted by Gasteiger charge is 2.48. The molecule has 1 aliphatic heterocycles. The lowest BCUT2D eigenvalue weighted by Gasteiger charge is -2.46. The van der Waals surface area contributed by atoms with Crippen molar-refractivity contribution in [2.24, 2.45) is 11.8 Å². The van der Waals surface area contributed by atoms with E-state index in [1.54, 1.807) is 0 Å². The highest BCUT2D eigenvalue weighted by atomic mass is 16.6. The third-order valence-electron chi connectivity index (χ3n) is 8.70. The van der Waals surface area contributed by atoms with Crippen LogP contribution in [-0.4, -0.2) is 24.3 Å². The first kappa shape index (κ1) is 21.9. The van der Waals surface area contributed by atoms with Crippen LogP contribution in [0.3, 0.4) is 0 Å². The Hall–Kier alpha value is -1.87. The maximum atomic E-state index is 13.7. The number of esters is 1. The number of fused-ring (bicyclic) bond motifs is 1. The van der Waals surface area contributed by atoms with E-state index in [4.69, 9.17) is 9.47 Å². The molecule has 0 spiro atoms. The van der Waals surface area contributed by atoms with Crippen LogP contribution < -0.4 is 0 Å². The Morgan fingerprint density at radius 3 is 2.16 bits per heavy atom. The Morgan fingerprint density at radius 2 is 1.47 bits per heavy atom. The van der Waals surface area contributed by atoms with Crippen molar-refractivity contribution in [2.75, 3.05) is 6.61 Å². The van der Waals surface area contributed by atoms with Crippen molar-refractivity contribution in [1.29, 1.82) is 0 Å². The second kappa shape index (κ2) is 9.55. The molecule has 32 heavy (non-hydrogen) atoms. The molecule has 0 N–H and O–H groups in total. The quantitative estimate of drug-likeness (QED) is 0.468. The largest absolute Gasteiger partial charge is 0.457 e. The van der Waals surface area contributed by atoms with Crippen molar-refractivity contribution in [3.8, 4) is 0 Å². The van der Waals surface area contributed by atoms with Gasteiger partial charge in [-0.05, 0) is 67.2 Å². The molecule has 2 aliphatic carbocycles. The van der Waals surface area contributed by atoms with Gasteiger partial charge in [0.25, 0.3) is 0 Å². The van der Waals surface area contributed by atoms with Crippen molar-refractivity contribution in [3.63, 3.8) is 0 Å². The minimum Gasteiger partial charge on any atom is -0.457 e. The number of rotatable bonds is 5. The maximum Gasteiger partial charge on any atom is 0.336 e. The first-order valence-corrected chi connectivity index (χ1v) is 13.0. The van der Waals surface area contributed by atoms with Gasteiger partial charge in [0.1, 0.15) is 5.60 Å². The monoisotopic (exact) mass is 434 g/mol. The fourth-order valence-electron chi connectivity index (χ4n) is 6.84. The Labute approximate surface area is 192 Å². The minimum absolute atomic E-state index is 0.0653. The fourth-order valence-corrected chi connectivity index (χ4v) is 6.84. The molecule has 3 fully saturated rings. The Balaban J connectivity index is 1.41. The van der Waals surface area contributed by atoms with E-state index in [1.165, 1.54) is 80.5 Å². The summed E-state index contributed by atoms with van der Waals surface area (Å²) in [5.74, 6) is 0.913. The molecule has 5 rings (SSSR count). The number of carbonyl (C=O) groups is 1. The number of hydrogen-bond acceptors (Lipinski definition) is 3. The van der Waals surface area contributed by atoms with Crippen LogP contribution in [0.25, 0.3) is 10.8 Å². The van der Waals surface area contributed by atoms with Gasteiger partial charge >= 0.3 is 5.97 Å². The summed E-state index contributed by atoms with van der Waals surface area (Å²) >= 11 is 0. The summed E-state index contributed by atoms with van der Waals surface area (Å²) in [4.78, 5) is 13.7. The van der Waals surface area contributed by atoms with E-state index in [2.05, 4.69) is 49.4 Å². The molecule has 0 unspecified atom stereocenters. The zero-order chi connectivity index (χ0) is 22.0. The summed E-state index contributed by atoms with van der Waals surface area (Å²) in [5, 5.41) is 2.45. The summed E-state index contributed by atoms with van der Waals surface area (Å²) in [7, 11) is 0. The molecular weight excluding hydrogens is 396 g/mol. The zero-order valence-electron chi connectivity index (χ0n) is 19.6. The van der Waals surface area contributed by atoms with E-state index in [1.807, 2.05) is 0 Å². The topological polar surface area (TPSA) is 35.5 Å². The van der Waals surface area contributed by atoms with Crippen molar-refractivity contribution < 1.29 is 14.3 Å². The van der Waals surface area contributed by atoms with Crippen LogP contribution in [-0.2, 0) is 14.3 Å². The maximum absolute atomic E-state index is 13.7. The van der Waals surface area contributed by atoms with Crippen LogP contribution in [0.1, 0.15) is 89.0 Å². The molecule has 3 nitrogen and oxygen atoms in total. The van der Waals surface area contributed by atoms with Gasteiger partial charge in [-0.1, -0.05) is 81.0 Å². The molecule has 1 heterocycles. The molecule has 0 amide bonds. The third kappa shape index (κ3) is 4.21. The average Bonchev–Trinajstić information content (AvgIpc) is 3.35. The van der Waals surface area contributed by atoms with Gasteiger partial charge in [-0.15, -0.1) is 0 Å². The lowest BCUT2D eigenvalue weighted by molar-refractivity contribution is -0.187. The van der Waals surface area contributed by atoms with Crippen LogP contribution >= 0.6 is 0 Å². The number of carbonyl (C=O) groups excluding carboxylic acids is 1. The van der Waals surface area contributed by atoms with E-state index in [0.717, 1.165) is 6.42 Å². The van der Waals surface area contributed by atoms with Crippen LogP contribution in [0.15, 0.2) is 42.5 Å². The summed E-state index contributed by atoms with van der Waals surface area (Å²) in [6.45, 7) is 2.88. The van der Waals surface area contributed by atoms with Gasteiger partial charge in [-0.2, -0.15) is 0 Å². The summed E-state index contributed by atoms with van der Waals surface area (Å²) < 4.78 is 12.7. The number of benzene rings is 2. The molecule has 172 valence electrons. The summed E-state index contributed by atoms with van der Waals surface area (Å²) in [6, 6.07) is 14.9. The van der Waals surface area contributed by atoms with Gasteiger partial charge in [0.2, 0.25) is 0 Å². The standard InChI is InChI=1S/C29H38O3/c1-29(22-13-4-2-5-14-22,23-15-6-3-7-16-23)32-28(30)27-26(19-20-31-27)25-18-10-12-21-11-8-9-17-24(21)25/h8-12,17-18,22-23,26-27H,2-7,13-16,19-20H2,1H3/t26-,27+/m1/s1. The normalized spacial score (nSPS) is 25.8. The van der Waals surface area contributed by atoms with Crippen LogP contribution in [0.2, 0.25) is 0 Å². The smallest absolute Gasteiger partial charge is 0.336 e. The molecule has 3 aliphatic rings. The molecular formula is C29H38O3. The predicted molar refractivity (Wildman–Crippen MR) is 129 cm³/mol. The van der Waals surface area contributed by atoms with Gasteiger partial charge in [0, 0.05) is 12.5 Å². The van der Waals surface area contributed by atoms with Gasteiger partial charge in [-0.25, -0.2) is 4.79 Å². The van der Waals surface area contributed by atoms with Gasteiger partial charge < -0.3 is 9.47 Å². The summed E-state index contributed by atoms with van der Waals surface area (Å²) in [6.07, 6.45) is 12.9. The highest BCUT2D eigenvalue weighted by Crippen LogP contribution is 2.46. The lowest BCUT2D eigenvalue weighted by atomic mass is 9.67. The summed E-state index contributed by atoms with van der Waals surface area (Å²) in [5.41, 5.74) is 0.868. The zero-order valence-corrected chi connectivity index (χ0v) is 19.6. The third-order valence-corrected chi connectivity index (χ3v) is 8.70. The van der Waals surface area contributed by atoms with Crippen molar-refractivity contribution in [1.82, 2.24) is 0 Å². The number of hydrogen-bond donors (Lipinski definition) is 0. The molecule has 2 atom stereocenters. The second-order valence-corrected chi connectivity index (χ2v) is 10.5. The Kier molecular flexibility index (Phi) is 6.55. The Morgan fingerprint density at radius 1 is 0.844 bits per heavy atom. The van der Waals surface area contributed by atoms with E-state index < -0.39 is 6.10 Å². The molecule has 2 aromatic rings. The molecule has 0 radical (unpaired) electrons. The van der Waals surface area contributed by atoms with Crippen LogP contribution in [0, 0.1) is 11.8 Å². The van der Waals surface area contributed by atoms with Crippen LogP contribution in [0.4, 0.5) is 0 Å². The van der Waals surface area contributed by atoms with Crippen molar-refractivity contribution in [2.45, 2.75) is 95.2 Å². The Bertz CT molecular complexity index is 900.